The number of rotatable bonds is 7. The van der Waals surface area contributed by atoms with Crippen molar-refractivity contribution in [1.29, 1.82) is 0 Å². The van der Waals surface area contributed by atoms with Gasteiger partial charge in [0.15, 0.2) is 0 Å². The third kappa shape index (κ3) is 3.96. The smallest absolute Gasteiger partial charge is 0.0431 e. The van der Waals surface area contributed by atoms with Gasteiger partial charge in [0.1, 0.15) is 0 Å². The summed E-state index contributed by atoms with van der Waals surface area (Å²) in [5.41, 5.74) is 3.82. The average Bonchev–Trinajstić information content (AvgIpc) is 2.72. The summed E-state index contributed by atoms with van der Waals surface area (Å²) >= 11 is 0. The summed E-state index contributed by atoms with van der Waals surface area (Å²) in [7, 11) is 0. The van der Waals surface area contributed by atoms with E-state index in [9.17, 15) is 0 Å². The van der Waals surface area contributed by atoms with E-state index in [1.54, 1.807) is 0 Å². The van der Waals surface area contributed by atoms with Gasteiger partial charge in [-0.25, -0.2) is 0 Å². The summed E-state index contributed by atoms with van der Waals surface area (Å²) in [6.45, 7) is 1.16. The van der Waals surface area contributed by atoms with E-state index in [1.807, 2.05) is 0 Å². The zero-order valence-corrected chi connectivity index (χ0v) is 15.5. The predicted molar refractivity (Wildman–Crippen MR) is 116 cm³/mol. The maximum absolute atomic E-state index is 8.85. The minimum atomic E-state index is 0.264. The van der Waals surface area contributed by atoms with Crippen LogP contribution >= 0.6 is 0 Å². The van der Waals surface area contributed by atoms with Crippen LogP contribution in [0.5, 0.6) is 0 Å². The van der Waals surface area contributed by atoms with Gasteiger partial charge in [-0.05, 0) is 64.1 Å². The van der Waals surface area contributed by atoms with Crippen molar-refractivity contribution in [3.63, 3.8) is 0 Å². The van der Waals surface area contributed by atoms with Crippen molar-refractivity contribution in [3.8, 4) is 0 Å². The Labute approximate surface area is 160 Å². The lowest BCUT2D eigenvalue weighted by atomic mass is 9.93. The fourth-order valence-corrected chi connectivity index (χ4v) is 3.71. The van der Waals surface area contributed by atoms with E-state index in [0.29, 0.717) is 0 Å². The summed E-state index contributed by atoms with van der Waals surface area (Å²) in [5, 5.41) is 17.5. The molecule has 0 atom stereocenters. The molecule has 0 bridgehead atoms. The molecule has 0 amide bonds. The largest absolute Gasteiger partial charge is 0.396 e. The van der Waals surface area contributed by atoms with E-state index in [1.165, 1.54) is 32.7 Å². The fourth-order valence-electron chi connectivity index (χ4n) is 3.71. The van der Waals surface area contributed by atoms with Crippen molar-refractivity contribution in [3.05, 3.63) is 90.0 Å². The minimum absolute atomic E-state index is 0.264. The summed E-state index contributed by atoms with van der Waals surface area (Å²) in [4.78, 5) is 0. The van der Waals surface area contributed by atoms with E-state index in [0.717, 1.165) is 31.5 Å². The molecule has 27 heavy (non-hydrogen) atoms. The molecule has 0 saturated carbocycles. The van der Waals surface area contributed by atoms with Gasteiger partial charge in [-0.1, -0.05) is 66.7 Å². The molecule has 0 aliphatic carbocycles. The molecule has 4 aromatic rings. The van der Waals surface area contributed by atoms with Crippen LogP contribution in [0.25, 0.3) is 21.5 Å². The molecule has 136 valence electrons. The summed E-state index contributed by atoms with van der Waals surface area (Å²) in [6.07, 6.45) is 2.76. The highest BCUT2D eigenvalue weighted by atomic mass is 16.2. The highest BCUT2D eigenvalue weighted by Crippen LogP contribution is 2.30. The van der Waals surface area contributed by atoms with Crippen LogP contribution in [0.15, 0.2) is 78.9 Å². The summed E-state index contributed by atoms with van der Waals surface area (Å²) < 4.78 is 0. The van der Waals surface area contributed by atoms with E-state index in [-0.39, 0.29) is 6.61 Å². The first-order valence-electron chi connectivity index (χ1n) is 9.68. The first-order chi connectivity index (χ1) is 13.3. The lowest BCUT2D eigenvalue weighted by molar-refractivity contribution is 0.286. The highest BCUT2D eigenvalue weighted by molar-refractivity contribution is 6.09. The van der Waals surface area contributed by atoms with Gasteiger partial charge in [-0.2, -0.15) is 0 Å². The van der Waals surface area contributed by atoms with Crippen LogP contribution < -0.4 is 5.32 Å². The number of aliphatic hydroxyl groups is 1. The monoisotopic (exact) mass is 355 g/mol. The van der Waals surface area contributed by atoms with Crippen molar-refractivity contribution in [2.75, 3.05) is 18.5 Å². The zero-order valence-electron chi connectivity index (χ0n) is 15.5. The van der Waals surface area contributed by atoms with Crippen molar-refractivity contribution in [1.82, 2.24) is 0 Å². The van der Waals surface area contributed by atoms with Crippen molar-refractivity contribution in [2.45, 2.75) is 19.3 Å². The number of hydrogen-bond acceptors (Lipinski definition) is 2. The third-order valence-corrected chi connectivity index (χ3v) is 5.12. The minimum Gasteiger partial charge on any atom is -0.396 e. The molecule has 0 fully saturated rings. The van der Waals surface area contributed by atoms with Crippen molar-refractivity contribution < 1.29 is 5.11 Å². The Bertz CT molecular complexity index is 1040. The number of anilines is 1. The number of benzene rings is 4. The molecule has 0 aromatic heterocycles. The Kier molecular flexibility index (Phi) is 5.36. The fraction of sp³-hybridized carbons (Fsp3) is 0.200. The normalized spacial score (nSPS) is 11.1. The van der Waals surface area contributed by atoms with Gasteiger partial charge >= 0.3 is 0 Å². The number of hydrogen-bond donors (Lipinski definition) is 2. The van der Waals surface area contributed by atoms with Crippen LogP contribution in [-0.4, -0.2) is 18.3 Å². The molecule has 0 aliphatic rings. The number of fused-ring (bicyclic) bond motifs is 3. The molecule has 0 spiro atoms. The van der Waals surface area contributed by atoms with Crippen molar-refractivity contribution in [2.24, 2.45) is 0 Å². The zero-order chi connectivity index (χ0) is 18.5. The Hall–Kier alpha value is -2.84. The van der Waals surface area contributed by atoms with Crippen LogP contribution in [-0.2, 0) is 6.42 Å². The molecule has 2 nitrogen and oxygen atoms in total. The number of aliphatic hydroxyl groups excluding tert-OH is 1. The molecule has 0 unspecified atom stereocenters. The second kappa shape index (κ2) is 8.24. The van der Waals surface area contributed by atoms with E-state index in [2.05, 4.69) is 84.2 Å². The predicted octanol–water partition coefficient (Wildman–Crippen LogP) is 5.77. The standard InChI is InChI=1S/C25H25NO/c27-16-6-5-15-26-22-13-11-19(12-14-22)17-21-18-20-7-1-2-8-23(20)25-10-4-3-9-24(21)25/h1-4,7-14,18,26-27H,5-6,15-17H2. The van der Waals surface area contributed by atoms with Crippen molar-refractivity contribution >= 4 is 27.2 Å². The maximum atomic E-state index is 8.85. The molecule has 4 rings (SSSR count). The molecule has 4 aromatic carbocycles. The quantitative estimate of drug-likeness (QED) is 0.326. The molecular formula is C25H25NO. The van der Waals surface area contributed by atoms with Crippen LogP contribution in [0.2, 0.25) is 0 Å². The van der Waals surface area contributed by atoms with Gasteiger partial charge in [0, 0.05) is 18.8 Å². The van der Waals surface area contributed by atoms with E-state index >= 15 is 0 Å². The SMILES string of the molecule is OCCCCNc1ccc(Cc2cc3ccccc3c3ccccc23)cc1. The first-order valence-corrected chi connectivity index (χ1v) is 9.68. The molecule has 2 N–H and O–H groups in total. The second-order valence-corrected chi connectivity index (χ2v) is 7.03. The molecule has 0 heterocycles. The van der Waals surface area contributed by atoms with E-state index in [4.69, 9.17) is 5.11 Å². The summed E-state index contributed by atoms with van der Waals surface area (Å²) in [5.74, 6) is 0. The Morgan fingerprint density at radius 2 is 1.41 bits per heavy atom. The lowest BCUT2D eigenvalue weighted by Gasteiger charge is -2.12. The Morgan fingerprint density at radius 3 is 2.19 bits per heavy atom. The second-order valence-electron chi connectivity index (χ2n) is 7.03. The van der Waals surface area contributed by atoms with E-state index < -0.39 is 0 Å². The lowest BCUT2D eigenvalue weighted by Crippen LogP contribution is -2.02. The average molecular weight is 355 g/mol. The topological polar surface area (TPSA) is 32.3 Å². The van der Waals surface area contributed by atoms with Gasteiger partial charge < -0.3 is 10.4 Å². The van der Waals surface area contributed by atoms with Crippen LogP contribution in [0, 0.1) is 0 Å². The Morgan fingerprint density at radius 1 is 0.704 bits per heavy atom. The molecule has 0 radical (unpaired) electrons. The van der Waals surface area contributed by atoms with Gasteiger partial charge in [0.2, 0.25) is 0 Å². The van der Waals surface area contributed by atoms with Gasteiger partial charge in [0.25, 0.3) is 0 Å². The highest BCUT2D eigenvalue weighted by Gasteiger charge is 2.07. The maximum Gasteiger partial charge on any atom is 0.0431 e. The molecular weight excluding hydrogens is 330 g/mol. The number of nitrogens with one attached hydrogen (secondary N) is 1. The first kappa shape index (κ1) is 17.6. The van der Waals surface area contributed by atoms with Gasteiger partial charge in [-0.15, -0.1) is 0 Å². The number of unbranched alkanes of at least 4 members (excludes halogenated alkanes) is 1. The van der Waals surface area contributed by atoms with Gasteiger partial charge in [0.05, 0.1) is 0 Å². The van der Waals surface area contributed by atoms with Crippen LogP contribution in [0.3, 0.4) is 0 Å². The molecule has 2 heteroatoms. The summed E-state index contributed by atoms with van der Waals surface area (Å²) in [6, 6.07) is 28.4. The molecule has 0 aliphatic heterocycles. The van der Waals surface area contributed by atoms with Crippen LogP contribution in [0.4, 0.5) is 5.69 Å². The molecule has 0 saturated heterocycles. The van der Waals surface area contributed by atoms with Crippen LogP contribution in [0.1, 0.15) is 24.0 Å². The third-order valence-electron chi connectivity index (χ3n) is 5.12. The van der Waals surface area contributed by atoms with Gasteiger partial charge in [-0.3, -0.25) is 0 Å². The Balaban J connectivity index is 1.59.